The standard InChI is InChI=1S/C12H19NO4/c14-10(13-7-12(17)5-2-6-12)8-3-1-4-9(8)11(15)16/h8-9,17H,1-7H2,(H,13,14)(H,15,16). The number of carbonyl (C=O) groups is 2. The third kappa shape index (κ3) is 2.60. The van der Waals surface area contributed by atoms with Gasteiger partial charge < -0.3 is 15.5 Å². The van der Waals surface area contributed by atoms with E-state index in [9.17, 15) is 14.7 Å². The Labute approximate surface area is 100 Å². The molecular formula is C12H19NO4. The fourth-order valence-corrected chi connectivity index (χ4v) is 2.71. The van der Waals surface area contributed by atoms with E-state index in [-0.39, 0.29) is 12.5 Å². The van der Waals surface area contributed by atoms with E-state index >= 15 is 0 Å². The summed E-state index contributed by atoms with van der Waals surface area (Å²) in [5.74, 6) is -2.07. The Morgan fingerprint density at radius 3 is 2.35 bits per heavy atom. The molecule has 2 saturated carbocycles. The van der Waals surface area contributed by atoms with Crippen molar-refractivity contribution in [2.24, 2.45) is 11.8 Å². The van der Waals surface area contributed by atoms with Crippen LogP contribution in [0.4, 0.5) is 0 Å². The van der Waals surface area contributed by atoms with Crippen molar-refractivity contribution in [2.75, 3.05) is 6.54 Å². The van der Waals surface area contributed by atoms with Gasteiger partial charge in [0.2, 0.25) is 5.91 Å². The molecule has 1 amide bonds. The molecule has 0 bridgehead atoms. The molecule has 2 fully saturated rings. The Morgan fingerprint density at radius 2 is 1.82 bits per heavy atom. The van der Waals surface area contributed by atoms with Crippen LogP contribution in [-0.4, -0.2) is 34.2 Å². The number of carbonyl (C=O) groups excluding carboxylic acids is 1. The first-order valence-corrected chi connectivity index (χ1v) is 6.25. The van der Waals surface area contributed by atoms with Gasteiger partial charge in [-0.15, -0.1) is 0 Å². The van der Waals surface area contributed by atoms with Gasteiger partial charge in [-0.05, 0) is 32.1 Å². The lowest BCUT2D eigenvalue weighted by Gasteiger charge is -2.36. The molecule has 0 aromatic rings. The van der Waals surface area contributed by atoms with Crippen LogP contribution in [0.15, 0.2) is 0 Å². The zero-order valence-electron chi connectivity index (χ0n) is 9.82. The SMILES string of the molecule is O=C(O)C1CCCC1C(=O)NCC1(O)CCC1. The second-order valence-electron chi connectivity index (χ2n) is 5.28. The minimum atomic E-state index is -0.884. The van der Waals surface area contributed by atoms with E-state index in [4.69, 9.17) is 5.11 Å². The number of nitrogens with one attached hydrogen (secondary N) is 1. The number of hydrogen-bond acceptors (Lipinski definition) is 3. The van der Waals surface area contributed by atoms with Crippen molar-refractivity contribution < 1.29 is 19.8 Å². The molecule has 2 aliphatic rings. The predicted octanol–water partition coefficient (Wildman–Crippen LogP) is 0.518. The van der Waals surface area contributed by atoms with Crippen molar-refractivity contribution in [3.8, 4) is 0 Å². The fourth-order valence-electron chi connectivity index (χ4n) is 2.71. The first kappa shape index (κ1) is 12.4. The smallest absolute Gasteiger partial charge is 0.307 e. The average Bonchev–Trinajstić information content (AvgIpc) is 2.72. The van der Waals surface area contributed by atoms with Crippen LogP contribution in [0.25, 0.3) is 0 Å². The summed E-state index contributed by atoms with van der Waals surface area (Å²) in [4.78, 5) is 22.8. The second kappa shape index (κ2) is 4.64. The molecule has 3 N–H and O–H groups in total. The van der Waals surface area contributed by atoms with Crippen molar-refractivity contribution >= 4 is 11.9 Å². The molecule has 2 unspecified atom stereocenters. The maximum atomic E-state index is 11.9. The van der Waals surface area contributed by atoms with Crippen molar-refractivity contribution in [3.63, 3.8) is 0 Å². The van der Waals surface area contributed by atoms with Gasteiger partial charge in [0, 0.05) is 6.54 Å². The molecule has 0 aromatic heterocycles. The predicted molar refractivity (Wildman–Crippen MR) is 60.3 cm³/mol. The van der Waals surface area contributed by atoms with E-state index in [1.807, 2.05) is 0 Å². The number of aliphatic carboxylic acids is 1. The molecule has 0 spiro atoms. The number of hydrogen-bond donors (Lipinski definition) is 3. The molecule has 0 heterocycles. The molecule has 2 rings (SSSR count). The highest BCUT2D eigenvalue weighted by Crippen LogP contribution is 2.33. The Balaban J connectivity index is 1.84. The first-order valence-electron chi connectivity index (χ1n) is 6.25. The molecule has 0 aromatic carbocycles. The second-order valence-corrected chi connectivity index (χ2v) is 5.28. The molecule has 5 nitrogen and oxygen atoms in total. The number of carboxylic acids is 1. The van der Waals surface area contributed by atoms with Gasteiger partial charge in [0.15, 0.2) is 0 Å². The van der Waals surface area contributed by atoms with Crippen molar-refractivity contribution in [2.45, 2.75) is 44.1 Å². The first-order chi connectivity index (χ1) is 8.02. The summed E-state index contributed by atoms with van der Waals surface area (Å²) in [7, 11) is 0. The Hall–Kier alpha value is -1.10. The largest absolute Gasteiger partial charge is 0.481 e. The van der Waals surface area contributed by atoms with Crippen molar-refractivity contribution in [1.29, 1.82) is 0 Å². The van der Waals surface area contributed by atoms with Gasteiger partial charge in [0.05, 0.1) is 17.4 Å². The highest BCUT2D eigenvalue weighted by molar-refractivity contribution is 5.85. The van der Waals surface area contributed by atoms with Crippen LogP contribution >= 0.6 is 0 Å². The summed E-state index contributed by atoms with van der Waals surface area (Å²) in [5.41, 5.74) is -0.743. The van der Waals surface area contributed by atoms with Crippen LogP contribution in [0, 0.1) is 11.8 Å². The summed E-state index contributed by atoms with van der Waals surface area (Å²) >= 11 is 0. The van der Waals surface area contributed by atoms with Crippen LogP contribution in [0.2, 0.25) is 0 Å². The highest BCUT2D eigenvalue weighted by Gasteiger charge is 2.39. The van der Waals surface area contributed by atoms with Crippen molar-refractivity contribution in [3.05, 3.63) is 0 Å². The molecule has 0 saturated heterocycles. The van der Waals surface area contributed by atoms with Crippen LogP contribution in [0.5, 0.6) is 0 Å². The molecule has 2 atom stereocenters. The van der Waals surface area contributed by atoms with Gasteiger partial charge in [-0.1, -0.05) is 6.42 Å². The van der Waals surface area contributed by atoms with E-state index in [1.54, 1.807) is 0 Å². The van der Waals surface area contributed by atoms with E-state index in [0.717, 1.165) is 25.7 Å². The minimum Gasteiger partial charge on any atom is -0.481 e. The molecule has 0 radical (unpaired) electrons. The molecular weight excluding hydrogens is 222 g/mol. The zero-order valence-corrected chi connectivity index (χ0v) is 9.82. The van der Waals surface area contributed by atoms with Gasteiger partial charge in [-0.2, -0.15) is 0 Å². The maximum absolute atomic E-state index is 11.9. The minimum absolute atomic E-state index is 0.213. The quantitative estimate of drug-likeness (QED) is 0.669. The average molecular weight is 241 g/mol. The molecule has 2 aliphatic carbocycles. The third-order valence-corrected chi connectivity index (χ3v) is 4.05. The molecule has 96 valence electrons. The molecule has 5 heteroatoms. The van der Waals surface area contributed by atoms with E-state index in [2.05, 4.69) is 5.32 Å². The normalized spacial score (nSPS) is 30.6. The van der Waals surface area contributed by atoms with Gasteiger partial charge in [0.25, 0.3) is 0 Å². The summed E-state index contributed by atoms with van der Waals surface area (Å²) < 4.78 is 0. The Bertz CT molecular complexity index is 324. The summed E-state index contributed by atoms with van der Waals surface area (Å²) in [6.07, 6.45) is 4.45. The Kier molecular flexibility index (Phi) is 3.38. The monoisotopic (exact) mass is 241 g/mol. The fraction of sp³-hybridized carbons (Fsp3) is 0.833. The summed E-state index contributed by atoms with van der Waals surface area (Å²) in [5, 5.41) is 21.5. The van der Waals surface area contributed by atoms with Gasteiger partial charge in [-0.3, -0.25) is 9.59 Å². The van der Waals surface area contributed by atoms with E-state index in [0.29, 0.717) is 12.8 Å². The zero-order chi connectivity index (χ0) is 12.5. The lowest BCUT2D eigenvalue weighted by atomic mass is 9.80. The number of amides is 1. The van der Waals surface area contributed by atoms with E-state index in [1.165, 1.54) is 0 Å². The third-order valence-electron chi connectivity index (χ3n) is 4.05. The highest BCUT2D eigenvalue weighted by atomic mass is 16.4. The summed E-state index contributed by atoms with van der Waals surface area (Å²) in [6.45, 7) is 0.259. The van der Waals surface area contributed by atoms with Gasteiger partial charge in [-0.25, -0.2) is 0 Å². The Morgan fingerprint density at radius 1 is 1.18 bits per heavy atom. The van der Waals surface area contributed by atoms with Crippen LogP contribution in [0.3, 0.4) is 0 Å². The number of aliphatic hydroxyl groups is 1. The lowest BCUT2D eigenvalue weighted by molar-refractivity contribution is -0.146. The maximum Gasteiger partial charge on any atom is 0.307 e. The van der Waals surface area contributed by atoms with E-state index < -0.39 is 23.4 Å². The molecule has 17 heavy (non-hydrogen) atoms. The van der Waals surface area contributed by atoms with Crippen LogP contribution in [0.1, 0.15) is 38.5 Å². The number of carboxylic acid groups (broad SMARTS) is 1. The topological polar surface area (TPSA) is 86.6 Å². The lowest BCUT2D eigenvalue weighted by Crippen LogP contribution is -2.49. The van der Waals surface area contributed by atoms with Gasteiger partial charge >= 0.3 is 5.97 Å². The van der Waals surface area contributed by atoms with Crippen LogP contribution < -0.4 is 5.32 Å². The summed E-state index contributed by atoms with van der Waals surface area (Å²) in [6, 6.07) is 0. The van der Waals surface area contributed by atoms with Crippen molar-refractivity contribution in [1.82, 2.24) is 5.32 Å². The molecule has 0 aliphatic heterocycles. The van der Waals surface area contributed by atoms with Gasteiger partial charge in [0.1, 0.15) is 0 Å². The number of rotatable bonds is 4. The van der Waals surface area contributed by atoms with Crippen LogP contribution in [-0.2, 0) is 9.59 Å².